The van der Waals surface area contributed by atoms with E-state index in [-0.39, 0.29) is 11.9 Å². The van der Waals surface area contributed by atoms with Gasteiger partial charge in [0.2, 0.25) is 5.91 Å². The minimum Gasteiger partial charge on any atom is -0.399 e. The maximum atomic E-state index is 12.5. The summed E-state index contributed by atoms with van der Waals surface area (Å²) >= 11 is 0. The van der Waals surface area contributed by atoms with Gasteiger partial charge in [0.25, 0.3) is 0 Å². The van der Waals surface area contributed by atoms with Crippen LogP contribution in [0.15, 0.2) is 18.2 Å². The van der Waals surface area contributed by atoms with E-state index in [1.165, 1.54) is 0 Å². The number of nitrogen functional groups attached to an aromatic ring is 1. The van der Waals surface area contributed by atoms with Crippen molar-refractivity contribution in [2.24, 2.45) is 0 Å². The van der Waals surface area contributed by atoms with Crippen LogP contribution in [-0.2, 0) is 4.79 Å². The van der Waals surface area contributed by atoms with Gasteiger partial charge in [-0.15, -0.1) is 0 Å². The summed E-state index contributed by atoms with van der Waals surface area (Å²) in [6.45, 7) is 4.65. The third kappa shape index (κ3) is 2.37. The molecule has 1 heterocycles. The summed E-state index contributed by atoms with van der Waals surface area (Å²) in [6, 6.07) is 5.49. The number of hydrogen-bond donors (Lipinski definition) is 1. The Morgan fingerprint density at radius 1 is 1.52 bits per heavy atom. The number of nitrogens with zero attached hydrogens (tertiary/aromatic N) is 3. The lowest BCUT2D eigenvalue weighted by molar-refractivity contribution is -0.132. The second-order valence-corrected chi connectivity index (χ2v) is 5.89. The van der Waals surface area contributed by atoms with Gasteiger partial charge in [0.15, 0.2) is 0 Å². The quantitative estimate of drug-likeness (QED) is 0.878. The minimum absolute atomic E-state index is 0.121. The molecule has 5 heteroatoms. The highest BCUT2D eigenvalue weighted by Crippen LogP contribution is 2.42. The summed E-state index contributed by atoms with van der Waals surface area (Å²) in [4.78, 5) is 19.0. The maximum absolute atomic E-state index is 12.5. The van der Waals surface area contributed by atoms with Crippen LogP contribution in [0.1, 0.15) is 44.5 Å². The Morgan fingerprint density at radius 2 is 2.24 bits per heavy atom. The van der Waals surface area contributed by atoms with Crippen molar-refractivity contribution in [3.63, 3.8) is 0 Å². The number of amides is 1. The van der Waals surface area contributed by atoms with E-state index in [4.69, 9.17) is 10.7 Å². The Balaban J connectivity index is 2.11. The van der Waals surface area contributed by atoms with Crippen molar-refractivity contribution in [3.05, 3.63) is 24.0 Å². The highest BCUT2D eigenvalue weighted by Gasteiger charge is 2.33. The van der Waals surface area contributed by atoms with Crippen molar-refractivity contribution in [2.75, 3.05) is 19.3 Å². The van der Waals surface area contributed by atoms with Crippen LogP contribution < -0.4 is 5.73 Å². The first-order valence-electron chi connectivity index (χ1n) is 7.55. The lowest BCUT2D eigenvalue weighted by atomic mass is 10.2. The molecule has 0 aliphatic heterocycles. The minimum atomic E-state index is -0.237. The molecule has 112 valence electrons. The van der Waals surface area contributed by atoms with E-state index in [0.717, 1.165) is 29.7 Å². The topological polar surface area (TPSA) is 64.2 Å². The van der Waals surface area contributed by atoms with Crippen molar-refractivity contribution in [2.45, 2.75) is 38.6 Å². The van der Waals surface area contributed by atoms with Crippen LogP contribution in [0.4, 0.5) is 5.69 Å². The highest BCUT2D eigenvalue weighted by atomic mass is 16.2. The molecule has 2 N–H and O–H groups in total. The Labute approximate surface area is 124 Å². The van der Waals surface area contributed by atoms with Crippen LogP contribution in [0.3, 0.4) is 0 Å². The van der Waals surface area contributed by atoms with Gasteiger partial charge in [-0.1, -0.05) is 0 Å². The zero-order valence-corrected chi connectivity index (χ0v) is 12.8. The molecule has 1 atom stereocenters. The third-order valence-electron chi connectivity index (χ3n) is 4.28. The lowest BCUT2D eigenvalue weighted by Crippen LogP contribution is -2.33. The van der Waals surface area contributed by atoms with Crippen molar-refractivity contribution in [3.8, 4) is 0 Å². The SMILES string of the molecule is CCN(C)C(=O)C(C)n1c(C2CC2)nc2cc(N)ccc21. The van der Waals surface area contributed by atoms with Gasteiger partial charge in [-0.2, -0.15) is 0 Å². The van der Waals surface area contributed by atoms with Crippen molar-refractivity contribution < 1.29 is 4.79 Å². The van der Waals surface area contributed by atoms with Gasteiger partial charge in [-0.25, -0.2) is 4.98 Å². The zero-order valence-electron chi connectivity index (χ0n) is 12.8. The molecule has 1 aliphatic carbocycles. The van der Waals surface area contributed by atoms with E-state index < -0.39 is 0 Å². The molecule has 0 spiro atoms. The number of carbonyl (C=O) groups is 1. The molecule has 1 saturated carbocycles. The van der Waals surface area contributed by atoms with Crippen LogP contribution in [0, 0.1) is 0 Å². The van der Waals surface area contributed by atoms with Gasteiger partial charge in [0.05, 0.1) is 11.0 Å². The zero-order chi connectivity index (χ0) is 15.1. The second-order valence-electron chi connectivity index (χ2n) is 5.89. The summed E-state index contributed by atoms with van der Waals surface area (Å²) < 4.78 is 2.10. The standard InChI is InChI=1S/C16H22N4O/c1-4-19(3)16(21)10(2)20-14-8-7-12(17)9-13(14)18-15(20)11-5-6-11/h7-11H,4-6,17H2,1-3H3. The van der Waals surface area contributed by atoms with Crippen LogP contribution >= 0.6 is 0 Å². The molecular formula is C16H22N4O. The van der Waals surface area contributed by atoms with Crippen molar-refractivity contribution in [1.29, 1.82) is 0 Å². The van der Waals surface area contributed by atoms with Crippen molar-refractivity contribution in [1.82, 2.24) is 14.5 Å². The number of rotatable bonds is 4. The largest absolute Gasteiger partial charge is 0.399 e. The number of aromatic nitrogens is 2. The Hall–Kier alpha value is -2.04. The molecule has 0 saturated heterocycles. The van der Waals surface area contributed by atoms with E-state index in [1.807, 2.05) is 39.1 Å². The smallest absolute Gasteiger partial charge is 0.245 e. The second kappa shape index (κ2) is 5.06. The van der Waals surface area contributed by atoms with Crippen LogP contribution in [0.5, 0.6) is 0 Å². The molecule has 0 radical (unpaired) electrons. The van der Waals surface area contributed by atoms with Crippen molar-refractivity contribution >= 4 is 22.6 Å². The molecule has 1 aromatic heterocycles. The fourth-order valence-corrected chi connectivity index (χ4v) is 2.76. The van der Waals surface area contributed by atoms with E-state index in [2.05, 4.69) is 4.57 Å². The predicted octanol–water partition coefficient (Wildman–Crippen LogP) is 2.54. The lowest BCUT2D eigenvalue weighted by Gasteiger charge is -2.22. The van der Waals surface area contributed by atoms with Crippen LogP contribution in [-0.4, -0.2) is 34.0 Å². The molecule has 3 rings (SSSR count). The first kappa shape index (κ1) is 13.9. The average molecular weight is 286 g/mol. The molecule has 0 bridgehead atoms. The summed E-state index contributed by atoms with van der Waals surface area (Å²) in [5.74, 6) is 1.64. The monoisotopic (exact) mass is 286 g/mol. The fraction of sp³-hybridized carbons (Fsp3) is 0.500. The molecule has 1 aliphatic rings. The van der Waals surface area contributed by atoms with Gasteiger partial charge >= 0.3 is 0 Å². The number of benzene rings is 1. The summed E-state index contributed by atoms with van der Waals surface area (Å²) in [5.41, 5.74) is 8.45. The Kier molecular flexibility index (Phi) is 3.35. The predicted molar refractivity (Wildman–Crippen MR) is 84.1 cm³/mol. The number of nitrogens with two attached hydrogens (primary N) is 1. The first-order valence-corrected chi connectivity index (χ1v) is 7.55. The van der Waals surface area contributed by atoms with E-state index in [1.54, 1.807) is 4.90 Å². The third-order valence-corrected chi connectivity index (χ3v) is 4.28. The number of imidazole rings is 1. The molecule has 1 fully saturated rings. The number of hydrogen-bond acceptors (Lipinski definition) is 3. The number of anilines is 1. The van der Waals surface area contributed by atoms with Crippen LogP contribution in [0.25, 0.3) is 11.0 Å². The van der Waals surface area contributed by atoms with E-state index in [0.29, 0.717) is 18.2 Å². The maximum Gasteiger partial charge on any atom is 0.245 e. The normalized spacial score (nSPS) is 16.1. The van der Waals surface area contributed by atoms with Gasteiger partial charge in [-0.05, 0) is 44.9 Å². The molecule has 2 aromatic rings. The first-order chi connectivity index (χ1) is 10.0. The summed E-state index contributed by atoms with van der Waals surface area (Å²) in [5, 5.41) is 0. The molecule has 1 aromatic carbocycles. The average Bonchev–Trinajstić information content (AvgIpc) is 3.25. The van der Waals surface area contributed by atoms with Gasteiger partial charge < -0.3 is 15.2 Å². The highest BCUT2D eigenvalue weighted by molar-refractivity contribution is 5.85. The van der Waals surface area contributed by atoms with Gasteiger partial charge in [0, 0.05) is 25.2 Å². The van der Waals surface area contributed by atoms with Gasteiger partial charge in [-0.3, -0.25) is 4.79 Å². The van der Waals surface area contributed by atoms with Crippen LogP contribution in [0.2, 0.25) is 0 Å². The Morgan fingerprint density at radius 3 is 2.86 bits per heavy atom. The van der Waals surface area contributed by atoms with E-state index >= 15 is 0 Å². The molecule has 1 unspecified atom stereocenters. The molecule has 1 amide bonds. The fourth-order valence-electron chi connectivity index (χ4n) is 2.76. The summed E-state index contributed by atoms with van der Waals surface area (Å²) in [6.07, 6.45) is 2.31. The molecule has 21 heavy (non-hydrogen) atoms. The number of likely N-dealkylation sites (N-methyl/N-ethyl adjacent to an activating group) is 1. The molecular weight excluding hydrogens is 264 g/mol. The van der Waals surface area contributed by atoms with E-state index in [9.17, 15) is 4.79 Å². The Bertz CT molecular complexity index is 687. The summed E-state index contributed by atoms with van der Waals surface area (Å²) in [7, 11) is 1.84. The molecule has 5 nitrogen and oxygen atoms in total. The van der Waals surface area contributed by atoms with Gasteiger partial charge in [0.1, 0.15) is 11.9 Å². The number of fused-ring (bicyclic) bond motifs is 1. The number of carbonyl (C=O) groups excluding carboxylic acids is 1.